The number of aromatic nitrogens is 3. The molecule has 4 rings (SSSR count). The first-order valence-corrected chi connectivity index (χ1v) is 12.9. The van der Waals surface area contributed by atoms with E-state index in [1.807, 2.05) is 6.92 Å². The average Bonchev–Trinajstić information content (AvgIpc) is 3.39. The predicted molar refractivity (Wildman–Crippen MR) is 141 cm³/mol. The van der Waals surface area contributed by atoms with Crippen molar-refractivity contribution >= 4 is 39.8 Å². The second-order valence-corrected chi connectivity index (χ2v) is 9.16. The Morgan fingerprint density at radius 3 is 2.38 bits per heavy atom. The van der Waals surface area contributed by atoms with Gasteiger partial charge in [0, 0.05) is 30.2 Å². The first kappa shape index (κ1) is 27.7. The van der Waals surface area contributed by atoms with Gasteiger partial charge in [0.2, 0.25) is 0 Å². The number of ether oxygens (including phenoxy) is 1. The van der Waals surface area contributed by atoms with Gasteiger partial charge in [-0.1, -0.05) is 19.8 Å². The number of nitrogens with zero attached hydrogens (tertiary/aromatic N) is 4. The van der Waals surface area contributed by atoms with Crippen LogP contribution in [-0.2, 0) is 6.18 Å². The molecule has 0 saturated carbocycles. The number of rotatable bonds is 10. The zero-order valence-corrected chi connectivity index (χ0v) is 21.6. The van der Waals surface area contributed by atoms with Crippen LogP contribution in [0.4, 0.5) is 29.8 Å². The van der Waals surface area contributed by atoms with Crippen LogP contribution in [-0.4, -0.2) is 33.4 Å². The Kier molecular flexibility index (Phi) is 8.87. The van der Waals surface area contributed by atoms with Crippen LogP contribution in [0.3, 0.4) is 0 Å². The van der Waals surface area contributed by atoms with E-state index in [-0.39, 0.29) is 34.6 Å². The Hall–Kier alpha value is -4.32. The largest absolute Gasteiger partial charge is 0.493 e. The van der Waals surface area contributed by atoms with Gasteiger partial charge in [-0.3, -0.25) is 24.5 Å². The number of benzene rings is 1. The molecule has 1 aromatic carbocycles. The molecular formula is C27H24F3N5O3S. The van der Waals surface area contributed by atoms with Gasteiger partial charge in [0.05, 0.1) is 29.0 Å². The number of unbranched alkanes of at least 4 members (excludes halogenated alkanes) is 2. The van der Waals surface area contributed by atoms with Crippen LogP contribution in [0.5, 0.6) is 5.75 Å². The van der Waals surface area contributed by atoms with Crippen molar-refractivity contribution in [2.45, 2.75) is 32.4 Å². The Labute approximate surface area is 226 Å². The first-order chi connectivity index (χ1) is 18.8. The van der Waals surface area contributed by atoms with Crippen molar-refractivity contribution in [2.24, 2.45) is 0 Å². The number of hydrogen-bond acceptors (Lipinski definition) is 7. The lowest BCUT2D eigenvalue weighted by Gasteiger charge is -2.22. The van der Waals surface area contributed by atoms with E-state index in [0.717, 1.165) is 35.1 Å². The molecule has 12 heteroatoms. The van der Waals surface area contributed by atoms with Gasteiger partial charge >= 0.3 is 6.18 Å². The van der Waals surface area contributed by atoms with E-state index in [1.165, 1.54) is 48.4 Å². The summed E-state index contributed by atoms with van der Waals surface area (Å²) in [5.74, 6) is -1.32. The molecule has 0 aliphatic carbocycles. The van der Waals surface area contributed by atoms with Crippen LogP contribution in [0, 0.1) is 0 Å². The summed E-state index contributed by atoms with van der Waals surface area (Å²) < 4.78 is 47.6. The highest BCUT2D eigenvalue weighted by Gasteiger charge is 2.36. The zero-order chi connectivity index (χ0) is 27.8. The van der Waals surface area contributed by atoms with Crippen molar-refractivity contribution in [2.75, 3.05) is 16.8 Å². The third-order valence-corrected chi connectivity index (χ3v) is 6.32. The molecule has 0 aliphatic rings. The van der Waals surface area contributed by atoms with Crippen LogP contribution < -0.4 is 15.0 Å². The maximum Gasteiger partial charge on any atom is 0.420 e. The number of hydrogen-bond donors (Lipinski definition) is 1. The molecule has 3 heterocycles. The van der Waals surface area contributed by atoms with Crippen molar-refractivity contribution in [3.63, 3.8) is 0 Å². The summed E-state index contributed by atoms with van der Waals surface area (Å²) in [7, 11) is 0. The molecule has 39 heavy (non-hydrogen) atoms. The van der Waals surface area contributed by atoms with Gasteiger partial charge < -0.3 is 10.1 Å². The molecule has 3 aromatic heterocycles. The molecule has 8 nitrogen and oxygen atoms in total. The SMILES string of the molecule is CCCCCOc1ccc(N(C(=O)c2cccnc2)c2nc(NC(=O)c3cccnc3)cs2)cc1C(F)(F)F. The molecule has 4 aromatic rings. The van der Waals surface area contributed by atoms with E-state index in [4.69, 9.17) is 4.74 Å². The fourth-order valence-corrected chi connectivity index (χ4v) is 4.35. The average molecular weight is 556 g/mol. The number of pyridine rings is 2. The Balaban J connectivity index is 1.70. The topological polar surface area (TPSA) is 97.3 Å². The van der Waals surface area contributed by atoms with Gasteiger partial charge in [-0.15, -0.1) is 11.3 Å². The highest BCUT2D eigenvalue weighted by Crippen LogP contribution is 2.41. The van der Waals surface area contributed by atoms with Crippen LogP contribution in [0.15, 0.2) is 72.6 Å². The number of anilines is 3. The summed E-state index contributed by atoms with van der Waals surface area (Å²) in [5.41, 5.74) is -0.652. The molecule has 202 valence electrons. The molecule has 0 radical (unpaired) electrons. The van der Waals surface area contributed by atoms with Crippen molar-refractivity contribution in [1.29, 1.82) is 0 Å². The molecule has 0 atom stereocenters. The van der Waals surface area contributed by atoms with E-state index in [1.54, 1.807) is 18.2 Å². The smallest absolute Gasteiger partial charge is 0.420 e. The fraction of sp³-hybridized carbons (Fsp3) is 0.222. The molecule has 0 spiro atoms. The van der Waals surface area contributed by atoms with E-state index in [2.05, 4.69) is 20.3 Å². The number of halogens is 3. The molecule has 2 amide bonds. The summed E-state index contributed by atoms with van der Waals surface area (Å²) >= 11 is 0.980. The monoisotopic (exact) mass is 555 g/mol. The second kappa shape index (κ2) is 12.5. The van der Waals surface area contributed by atoms with Crippen LogP contribution in [0.1, 0.15) is 52.5 Å². The lowest BCUT2D eigenvalue weighted by Crippen LogP contribution is -2.26. The number of amides is 2. The third-order valence-electron chi connectivity index (χ3n) is 5.49. The van der Waals surface area contributed by atoms with Crippen molar-refractivity contribution in [1.82, 2.24) is 15.0 Å². The first-order valence-electron chi connectivity index (χ1n) is 12.0. The van der Waals surface area contributed by atoms with E-state index in [9.17, 15) is 22.8 Å². The van der Waals surface area contributed by atoms with Gasteiger partial charge in [0.1, 0.15) is 11.6 Å². The maximum absolute atomic E-state index is 14.0. The van der Waals surface area contributed by atoms with E-state index < -0.39 is 23.6 Å². The fourth-order valence-electron chi connectivity index (χ4n) is 3.58. The predicted octanol–water partition coefficient (Wildman–Crippen LogP) is 6.75. The van der Waals surface area contributed by atoms with Gasteiger partial charge in [-0.05, 0) is 48.9 Å². The molecular weight excluding hydrogens is 531 g/mol. The summed E-state index contributed by atoms with van der Waals surface area (Å²) in [6, 6.07) is 9.64. The minimum absolute atomic E-state index is 0.0510. The Morgan fingerprint density at radius 1 is 1.03 bits per heavy atom. The molecule has 0 aliphatic heterocycles. The standard InChI is InChI=1S/C27H24F3N5O3S/c1-2-3-4-13-38-22-10-9-20(14-21(22)27(28,29)30)35(25(37)19-8-6-12-32-16-19)26-34-23(17-39-26)33-24(36)18-7-5-11-31-15-18/h5-12,14-17H,2-4,13H2,1H3,(H,33,36). The minimum atomic E-state index is -4.73. The van der Waals surface area contributed by atoms with Gasteiger partial charge in [0.25, 0.3) is 11.8 Å². The summed E-state index contributed by atoms with van der Waals surface area (Å²) in [6.07, 6.45) is 3.31. The highest BCUT2D eigenvalue weighted by atomic mass is 32.1. The number of nitrogens with one attached hydrogen (secondary N) is 1. The molecule has 1 N–H and O–H groups in total. The van der Waals surface area contributed by atoms with Crippen molar-refractivity contribution in [3.05, 3.63) is 89.3 Å². The molecule has 0 unspecified atom stereocenters. The Bertz CT molecular complexity index is 1420. The molecule has 0 bridgehead atoms. The third kappa shape index (κ3) is 6.96. The summed E-state index contributed by atoms with van der Waals surface area (Å²) in [6.45, 7) is 2.12. The van der Waals surface area contributed by atoms with Crippen LogP contribution in [0.25, 0.3) is 0 Å². The number of carbonyl (C=O) groups excluding carboxylic acids is 2. The van der Waals surface area contributed by atoms with E-state index in [0.29, 0.717) is 12.0 Å². The maximum atomic E-state index is 14.0. The van der Waals surface area contributed by atoms with Crippen molar-refractivity contribution < 1.29 is 27.5 Å². The quantitative estimate of drug-likeness (QED) is 0.217. The normalized spacial score (nSPS) is 11.2. The van der Waals surface area contributed by atoms with Gasteiger partial charge in [0.15, 0.2) is 5.13 Å². The summed E-state index contributed by atoms with van der Waals surface area (Å²) in [5, 5.41) is 4.15. The Morgan fingerprint density at radius 2 is 1.74 bits per heavy atom. The minimum Gasteiger partial charge on any atom is -0.493 e. The molecule has 0 fully saturated rings. The number of alkyl halides is 3. The van der Waals surface area contributed by atoms with E-state index >= 15 is 0 Å². The lowest BCUT2D eigenvalue weighted by atomic mass is 10.1. The van der Waals surface area contributed by atoms with Crippen LogP contribution >= 0.6 is 11.3 Å². The zero-order valence-electron chi connectivity index (χ0n) is 20.8. The highest BCUT2D eigenvalue weighted by molar-refractivity contribution is 7.14. The van der Waals surface area contributed by atoms with Crippen LogP contribution in [0.2, 0.25) is 0 Å². The van der Waals surface area contributed by atoms with Gasteiger partial charge in [-0.2, -0.15) is 13.2 Å². The lowest BCUT2D eigenvalue weighted by molar-refractivity contribution is -0.138. The summed E-state index contributed by atoms with van der Waals surface area (Å²) in [4.78, 5) is 39.3. The van der Waals surface area contributed by atoms with Gasteiger partial charge in [-0.25, -0.2) is 4.98 Å². The molecule has 0 saturated heterocycles. The second-order valence-electron chi connectivity index (χ2n) is 8.33. The van der Waals surface area contributed by atoms with Crippen molar-refractivity contribution in [3.8, 4) is 5.75 Å². The number of thiazole rings is 1. The number of carbonyl (C=O) groups is 2.